The van der Waals surface area contributed by atoms with E-state index in [1.807, 2.05) is 61.6 Å². The highest BCUT2D eigenvalue weighted by Gasteiger charge is 2.21. The van der Waals surface area contributed by atoms with E-state index in [-0.39, 0.29) is 5.78 Å². The highest BCUT2D eigenvalue weighted by Crippen LogP contribution is 2.30. The maximum absolute atomic E-state index is 13.2. The Balaban J connectivity index is 1.80. The lowest BCUT2D eigenvalue weighted by Crippen LogP contribution is -2.14. The van der Waals surface area contributed by atoms with E-state index in [4.69, 9.17) is 9.84 Å². The fourth-order valence-corrected chi connectivity index (χ4v) is 3.94. The average Bonchev–Trinajstić information content (AvgIpc) is 3.39. The number of hydrogen-bond donors (Lipinski definition) is 1. The first-order chi connectivity index (χ1) is 14.5. The highest BCUT2D eigenvalue weighted by molar-refractivity contribution is 6.13. The van der Waals surface area contributed by atoms with Gasteiger partial charge in [0.15, 0.2) is 5.78 Å². The smallest absolute Gasteiger partial charge is 0.191 e. The number of carbonyl (C=O) groups excluding carboxylic acids is 1. The molecule has 0 amide bonds. The number of nitrogens with one attached hydrogen (secondary N) is 1. The third kappa shape index (κ3) is 4.17. The van der Waals surface area contributed by atoms with Crippen molar-refractivity contribution in [1.29, 1.82) is 0 Å². The molecule has 0 spiro atoms. The summed E-state index contributed by atoms with van der Waals surface area (Å²) >= 11 is 0. The minimum absolute atomic E-state index is 0.0671. The molecule has 0 atom stereocenters. The Labute approximate surface area is 177 Å². The fraction of sp³-hybridized carbons (Fsp3) is 0.333. The Bertz CT molecular complexity index is 1060. The number of pyridine rings is 1. The number of ether oxygens (including phenoxy) is 1. The van der Waals surface area contributed by atoms with Crippen molar-refractivity contribution in [1.82, 2.24) is 14.5 Å². The number of nitrogens with zero attached hydrogens (tertiary/aromatic N) is 3. The summed E-state index contributed by atoms with van der Waals surface area (Å²) in [5, 5.41) is 8.36. The van der Waals surface area contributed by atoms with Crippen LogP contribution in [0, 0.1) is 0 Å². The summed E-state index contributed by atoms with van der Waals surface area (Å²) in [5.41, 5.74) is 3.99. The number of aromatic nitrogens is 2. The quantitative estimate of drug-likeness (QED) is 0.460. The lowest BCUT2D eigenvalue weighted by Gasteiger charge is -2.13. The second-order valence-electron chi connectivity index (χ2n) is 7.97. The monoisotopic (exact) mass is 404 g/mol. The van der Waals surface area contributed by atoms with Gasteiger partial charge in [0.2, 0.25) is 0 Å². The fourth-order valence-electron chi connectivity index (χ4n) is 3.94. The van der Waals surface area contributed by atoms with Crippen molar-refractivity contribution in [2.75, 3.05) is 26.5 Å². The summed E-state index contributed by atoms with van der Waals surface area (Å²) < 4.78 is 7.06. The molecule has 0 saturated heterocycles. The summed E-state index contributed by atoms with van der Waals surface area (Å²) in [4.78, 5) is 15.0. The number of benzene rings is 1. The standard InChI is InChI=1S/C24H28N4O2/c1-27(2)14-13-22(29)23-21-16-19(25-18-6-4-5-7-18)12-15-28(21)26-24(23)17-8-10-20(30-3)11-9-17/h8-16,18,25H,4-7H2,1-3H3. The molecule has 1 saturated carbocycles. The minimum Gasteiger partial charge on any atom is -0.497 e. The number of rotatable bonds is 7. The number of fused-ring (bicyclic) bond motifs is 1. The van der Waals surface area contributed by atoms with Gasteiger partial charge in [-0.2, -0.15) is 5.10 Å². The van der Waals surface area contributed by atoms with Gasteiger partial charge in [0.1, 0.15) is 11.4 Å². The van der Waals surface area contributed by atoms with Gasteiger partial charge in [-0.3, -0.25) is 4.79 Å². The first-order valence-electron chi connectivity index (χ1n) is 10.4. The van der Waals surface area contributed by atoms with E-state index in [1.165, 1.54) is 25.7 Å². The zero-order valence-electron chi connectivity index (χ0n) is 17.8. The Kier molecular flexibility index (Phi) is 5.74. The second-order valence-corrected chi connectivity index (χ2v) is 7.97. The van der Waals surface area contributed by atoms with Crippen LogP contribution in [0.4, 0.5) is 5.69 Å². The van der Waals surface area contributed by atoms with Gasteiger partial charge in [-0.25, -0.2) is 4.52 Å². The van der Waals surface area contributed by atoms with Crippen LogP contribution in [0.2, 0.25) is 0 Å². The second kappa shape index (κ2) is 8.61. The Morgan fingerprint density at radius 3 is 2.60 bits per heavy atom. The van der Waals surface area contributed by atoms with Crippen LogP contribution in [-0.2, 0) is 0 Å². The summed E-state index contributed by atoms with van der Waals surface area (Å²) in [6.45, 7) is 0. The molecule has 2 aromatic heterocycles. The molecule has 1 aliphatic rings. The van der Waals surface area contributed by atoms with Gasteiger partial charge in [0.05, 0.1) is 18.2 Å². The topological polar surface area (TPSA) is 58.9 Å². The summed E-state index contributed by atoms with van der Waals surface area (Å²) in [5.74, 6) is 0.702. The Morgan fingerprint density at radius 2 is 1.93 bits per heavy atom. The first kappa shape index (κ1) is 20.0. The largest absolute Gasteiger partial charge is 0.497 e. The summed E-state index contributed by atoms with van der Waals surface area (Å²) in [6.07, 6.45) is 10.2. The van der Waals surface area contributed by atoms with Gasteiger partial charge < -0.3 is 15.0 Å². The predicted molar refractivity (Wildman–Crippen MR) is 120 cm³/mol. The van der Waals surface area contributed by atoms with Crippen molar-refractivity contribution in [3.63, 3.8) is 0 Å². The number of carbonyl (C=O) groups is 1. The maximum atomic E-state index is 13.2. The van der Waals surface area contributed by atoms with E-state index in [0.29, 0.717) is 17.3 Å². The van der Waals surface area contributed by atoms with E-state index in [9.17, 15) is 4.79 Å². The molecule has 1 aliphatic carbocycles. The molecule has 0 radical (unpaired) electrons. The normalized spacial score (nSPS) is 14.5. The zero-order valence-corrected chi connectivity index (χ0v) is 17.8. The molecule has 3 aromatic rings. The van der Waals surface area contributed by atoms with E-state index in [1.54, 1.807) is 23.9 Å². The molecular formula is C24H28N4O2. The number of methoxy groups -OCH3 is 1. The van der Waals surface area contributed by atoms with E-state index in [2.05, 4.69) is 5.32 Å². The van der Waals surface area contributed by atoms with Gasteiger partial charge in [-0.1, -0.05) is 12.8 Å². The molecule has 1 fully saturated rings. The van der Waals surface area contributed by atoms with Crippen LogP contribution in [0.3, 0.4) is 0 Å². The molecule has 1 N–H and O–H groups in total. The van der Waals surface area contributed by atoms with Crippen LogP contribution in [0.15, 0.2) is 54.9 Å². The van der Waals surface area contributed by atoms with Crippen LogP contribution in [0.25, 0.3) is 16.8 Å². The van der Waals surface area contributed by atoms with Gasteiger partial charge in [0, 0.05) is 49.9 Å². The third-order valence-electron chi connectivity index (χ3n) is 5.49. The molecule has 6 nitrogen and oxygen atoms in total. The number of allylic oxidation sites excluding steroid dienone is 1. The molecule has 0 bridgehead atoms. The summed E-state index contributed by atoms with van der Waals surface area (Å²) in [7, 11) is 5.43. The van der Waals surface area contributed by atoms with Crippen LogP contribution in [0.1, 0.15) is 36.0 Å². The van der Waals surface area contributed by atoms with E-state index in [0.717, 1.165) is 22.5 Å². The van der Waals surface area contributed by atoms with Crippen LogP contribution >= 0.6 is 0 Å². The molecule has 6 heteroatoms. The molecule has 2 heterocycles. The van der Waals surface area contributed by atoms with Gasteiger partial charge in [0.25, 0.3) is 0 Å². The van der Waals surface area contributed by atoms with Crippen LogP contribution in [-0.4, -0.2) is 47.5 Å². The minimum atomic E-state index is -0.0671. The maximum Gasteiger partial charge on any atom is 0.191 e. The van der Waals surface area contributed by atoms with Crippen molar-refractivity contribution in [2.24, 2.45) is 0 Å². The van der Waals surface area contributed by atoms with Gasteiger partial charge >= 0.3 is 0 Å². The number of hydrogen-bond acceptors (Lipinski definition) is 5. The van der Waals surface area contributed by atoms with Gasteiger partial charge in [-0.05, 0) is 49.2 Å². The summed E-state index contributed by atoms with van der Waals surface area (Å²) in [6, 6.07) is 12.2. The molecular weight excluding hydrogens is 376 g/mol. The zero-order chi connectivity index (χ0) is 21.1. The van der Waals surface area contributed by atoms with Crippen molar-refractivity contribution in [3.05, 3.63) is 60.4 Å². The van der Waals surface area contributed by atoms with E-state index < -0.39 is 0 Å². The Morgan fingerprint density at radius 1 is 1.20 bits per heavy atom. The molecule has 0 unspecified atom stereocenters. The number of ketones is 1. The van der Waals surface area contributed by atoms with Gasteiger partial charge in [-0.15, -0.1) is 0 Å². The lowest BCUT2D eigenvalue weighted by molar-refractivity contribution is 0.104. The Hall–Kier alpha value is -3.28. The molecule has 0 aliphatic heterocycles. The lowest BCUT2D eigenvalue weighted by atomic mass is 10.0. The average molecular weight is 405 g/mol. The first-order valence-corrected chi connectivity index (χ1v) is 10.4. The predicted octanol–water partition coefficient (Wildman–Crippen LogP) is 4.62. The van der Waals surface area contributed by atoms with Crippen molar-refractivity contribution < 1.29 is 9.53 Å². The molecule has 4 rings (SSSR count). The SMILES string of the molecule is COc1ccc(-c2nn3ccc(NC4CCCC4)cc3c2C(=O)C=CN(C)C)cc1. The van der Waals surface area contributed by atoms with Crippen molar-refractivity contribution in [2.45, 2.75) is 31.7 Å². The van der Waals surface area contributed by atoms with Crippen LogP contribution < -0.4 is 10.1 Å². The number of anilines is 1. The molecule has 1 aromatic carbocycles. The van der Waals surface area contributed by atoms with Crippen molar-refractivity contribution >= 4 is 17.0 Å². The highest BCUT2D eigenvalue weighted by atomic mass is 16.5. The molecule has 156 valence electrons. The van der Waals surface area contributed by atoms with Crippen LogP contribution in [0.5, 0.6) is 5.75 Å². The van der Waals surface area contributed by atoms with Crippen molar-refractivity contribution in [3.8, 4) is 17.0 Å². The molecule has 30 heavy (non-hydrogen) atoms. The van der Waals surface area contributed by atoms with E-state index >= 15 is 0 Å². The third-order valence-corrected chi connectivity index (χ3v) is 5.49.